The average Bonchev–Trinajstić information content (AvgIpc) is 2.30. The van der Waals surface area contributed by atoms with Crippen molar-refractivity contribution in [3.8, 4) is 11.1 Å². The van der Waals surface area contributed by atoms with Gasteiger partial charge in [0.25, 0.3) is 0 Å². The molecule has 0 amide bonds. The van der Waals surface area contributed by atoms with Gasteiger partial charge in [0.05, 0.1) is 0 Å². The molecule has 0 saturated heterocycles. The number of benzene rings is 2. The van der Waals surface area contributed by atoms with Crippen molar-refractivity contribution < 1.29 is 0 Å². The highest BCUT2D eigenvalue weighted by molar-refractivity contribution is 9.10. The van der Waals surface area contributed by atoms with Crippen LogP contribution >= 0.6 is 15.9 Å². The largest absolute Gasteiger partial charge is 0.388 e. The molecule has 0 fully saturated rings. The average molecular weight is 262 g/mol. The lowest BCUT2D eigenvalue weighted by Gasteiger charge is -2.06. The molecule has 2 heteroatoms. The molecule has 0 aliphatic heterocycles. The van der Waals surface area contributed by atoms with Crippen LogP contribution < -0.4 is 5.32 Å². The fourth-order valence-electron chi connectivity index (χ4n) is 1.54. The Morgan fingerprint density at radius 1 is 1.00 bits per heavy atom. The van der Waals surface area contributed by atoms with Crippen molar-refractivity contribution in [3.63, 3.8) is 0 Å². The number of hydrogen-bond donors (Lipinski definition) is 1. The quantitative estimate of drug-likeness (QED) is 0.856. The van der Waals surface area contributed by atoms with Gasteiger partial charge in [0, 0.05) is 17.2 Å². The minimum absolute atomic E-state index is 1.12. The summed E-state index contributed by atoms with van der Waals surface area (Å²) in [5.74, 6) is 0. The molecule has 0 spiro atoms. The van der Waals surface area contributed by atoms with Gasteiger partial charge in [0.1, 0.15) is 0 Å². The summed E-state index contributed by atoms with van der Waals surface area (Å²) >= 11 is 3.56. The molecule has 0 aliphatic rings. The van der Waals surface area contributed by atoms with E-state index in [1.807, 2.05) is 19.2 Å². The molecule has 1 nitrogen and oxygen atoms in total. The van der Waals surface area contributed by atoms with Gasteiger partial charge in [-0.3, -0.25) is 0 Å². The summed E-state index contributed by atoms with van der Waals surface area (Å²) in [6.45, 7) is 0. The highest BCUT2D eigenvalue weighted by Gasteiger charge is 2.01. The molecule has 0 atom stereocenters. The molecule has 2 rings (SSSR count). The molecule has 2 aromatic rings. The third kappa shape index (κ3) is 2.21. The molecule has 0 saturated carbocycles. The Labute approximate surface area is 98.3 Å². The second-order valence-electron chi connectivity index (χ2n) is 3.31. The van der Waals surface area contributed by atoms with E-state index in [9.17, 15) is 0 Å². The number of rotatable bonds is 2. The van der Waals surface area contributed by atoms with Crippen molar-refractivity contribution in [2.75, 3.05) is 12.4 Å². The third-order valence-electron chi connectivity index (χ3n) is 2.34. The highest BCUT2D eigenvalue weighted by Crippen LogP contribution is 2.29. The monoisotopic (exact) mass is 261 g/mol. The van der Waals surface area contributed by atoms with Crippen molar-refractivity contribution in [1.29, 1.82) is 0 Å². The second-order valence-corrected chi connectivity index (χ2v) is 4.16. The van der Waals surface area contributed by atoms with E-state index in [1.54, 1.807) is 0 Å². The molecular formula is C13H12BrN. The van der Waals surface area contributed by atoms with E-state index in [2.05, 4.69) is 57.6 Å². The molecular weight excluding hydrogens is 250 g/mol. The zero-order chi connectivity index (χ0) is 10.7. The Balaban J connectivity index is 2.49. The lowest BCUT2D eigenvalue weighted by atomic mass is 10.1. The molecule has 76 valence electrons. The fourth-order valence-corrected chi connectivity index (χ4v) is 2.05. The van der Waals surface area contributed by atoms with E-state index in [1.165, 1.54) is 11.1 Å². The predicted octanol–water partition coefficient (Wildman–Crippen LogP) is 4.16. The maximum absolute atomic E-state index is 3.56. The van der Waals surface area contributed by atoms with Crippen molar-refractivity contribution in [3.05, 3.63) is 53.0 Å². The molecule has 0 bridgehead atoms. The van der Waals surface area contributed by atoms with Crippen LogP contribution in [0, 0.1) is 0 Å². The first-order chi connectivity index (χ1) is 7.31. The summed E-state index contributed by atoms with van der Waals surface area (Å²) in [5, 5.41) is 3.14. The Hall–Kier alpha value is -1.28. The van der Waals surface area contributed by atoms with Gasteiger partial charge in [0.2, 0.25) is 0 Å². The molecule has 0 radical (unpaired) electrons. The summed E-state index contributed by atoms with van der Waals surface area (Å²) in [6, 6.07) is 16.6. The standard InChI is InChI=1S/C13H12BrN/c1-15-11-6-4-5-10(9-11)12-7-2-3-8-13(12)14/h2-9,15H,1H3. The molecule has 2 aromatic carbocycles. The van der Waals surface area contributed by atoms with E-state index in [4.69, 9.17) is 0 Å². The van der Waals surface area contributed by atoms with Gasteiger partial charge >= 0.3 is 0 Å². The maximum Gasteiger partial charge on any atom is 0.0343 e. The van der Waals surface area contributed by atoms with Gasteiger partial charge < -0.3 is 5.32 Å². The number of nitrogens with one attached hydrogen (secondary N) is 1. The van der Waals surface area contributed by atoms with Crippen LogP contribution in [0.1, 0.15) is 0 Å². The topological polar surface area (TPSA) is 12.0 Å². The fraction of sp³-hybridized carbons (Fsp3) is 0.0769. The van der Waals surface area contributed by atoms with E-state index >= 15 is 0 Å². The SMILES string of the molecule is CNc1cccc(-c2ccccc2Br)c1. The maximum atomic E-state index is 3.56. The second kappa shape index (κ2) is 4.49. The van der Waals surface area contributed by atoms with E-state index < -0.39 is 0 Å². The highest BCUT2D eigenvalue weighted by atomic mass is 79.9. The van der Waals surface area contributed by atoms with Crippen molar-refractivity contribution in [2.45, 2.75) is 0 Å². The zero-order valence-electron chi connectivity index (χ0n) is 8.50. The number of hydrogen-bond acceptors (Lipinski definition) is 1. The van der Waals surface area contributed by atoms with Gasteiger partial charge in [0.15, 0.2) is 0 Å². The van der Waals surface area contributed by atoms with Crippen LogP contribution in [0.3, 0.4) is 0 Å². The Kier molecular flexibility index (Phi) is 3.07. The van der Waals surface area contributed by atoms with Gasteiger partial charge in [-0.25, -0.2) is 0 Å². The first-order valence-corrected chi connectivity index (χ1v) is 5.63. The van der Waals surface area contributed by atoms with Gasteiger partial charge in [-0.15, -0.1) is 0 Å². The molecule has 1 N–H and O–H groups in total. The minimum atomic E-state index is 1.12. The normalized spacial score (nSPS) is 10.0. The summed E-state index contributed by atoms with van der Waals surface area (Å²) in [4.78, 5) is 0. The molecule has 0 unspecified atom stereocenters. The van der Waals surface area contributed by atoms with Gasteiger partial charge in [-0.05, 0) is 29.3 Å². The smallest absolute Gasteiger partial charge is 0.0343 e. The van der Waals surface area contributed by atoms with Crippen molar-refractivity contribution in [2.24, 2.45) is 0 Å². The summed E-state index contributed by atoms with van der Waals surface area (Å²) < 4.78 is 1.12. The molecule has 0 aromatic heterocycles. The van der Waals surface area contributed by atoms with Crippen LogP contribution in [0.4, 0.5) is 5.69 Å². The van der Waals surface area contributed by atoms with Crippen LogP contribution in [0.5, 0.6) is 0 Å². The molecule has 0 aliphatic carbocycles. The third-order valence-corrected chi connectivity index (χ3v) is 3.03. The Bertz CT molecular complexity index is 466. The first kappa shape index (κ1) is 10.2. The molecule has 15 heavy (non-hydrogen) atoms. The predicted molar refractivity (Wildman–Crippen MR) is 69.1 cm³/mol. The van der Waals surface area contributed by atoms with Crippen LogP contribution in [-0.2, 0) is 0 Å². The van der Waals surface area contributed by atoms with Crippen molar-refractivity contribution in [1.82, 2.24) is 0 Å². The van der Waals surface area contributed by atoms with Crippen LogP contribution in [0.25, 0.3) is 11.1 Å². The van der Waals surface area contributed by atoms with Crippen LogP contribution in [0.15, 0.2) is 53.0 Å². The lowest BCUT2D eigenvalue weighted by molar-refractivity contribution is 1.50. The Morgan fingerprint density at radius 3 is 2.53 bits per heavy atom. The van der Waals surface area contributed by atoms with E-state index in [-0.39, 0.29) is 0 Å². The van der Waals surface area contributed by atoms with Crippen LogP contribution in [0.2, 0.25) is 0 Å². The lowest BCUT2D eigenvalue weighted by Crippen LogP contribution is -1.88. The van der Waals surface area contributed by atoms with Crippen LogP contribution in [-0.4, -0.2) is 7.05 Å². The number of anilines is 1. The summed E-state index contributed by atoms with van der Waals surface area (Å²) in [6.07, 6.45) is 0. The Morgan fingerprint density at radius 2 is 1.80 bits per heavy atom. The summed E-state index contributed by atoms with van der Waals surface area (Å²) in [7, 11) is 1.93. The van der Waals surface area contributed by atoms with E-state index in [0.29, 0.717) is 0 Å². The van der Waals surface area contributed by atoms with Gasteiger partial charge in [-0.1, -0.05) is 46.3 Å². The summed E-state index contributed by atoms with van der Waals surface area (Å²) in [5.41, 5.74) is 3.56. The van der Waals surface area contributed by atoms with Crippen molar-refractivity contribution >= 4 is 21.6 Å². The van der Waals surface area contributed by atoms with E-state index in [0.717, 1.165) is 10.2 Å². The van der Waals surface area contributed by atoms with Gasteiger partial charge in [-0.2, -0.15) is 0 Å². The zero-order valence-corrected chi connectivity index (χ0v) is 10.1. The minimum Gasteiger partial charge on any atom is -0.388 e. The first-order valence-electron chi connectivity index (χ1n) is 4.84. The number of halogens is 1. The molecule has 0 heterocycles.